The van der Waals surface area contributed by atoms with E-state index in [-0.39, 0.29) is 11.2 Å². The van der Waals surface area contributed by atoms with E-state index in [0.717, 1.165) is 25.1 Å². The molecule has 2 nitrogen and oxygen atoms in total. The second kappa shape index (κ2) is 5.82. The molecule has 1 heterocycles. The number of hydrogen-bond acceptors (Lipinski definition) is 2. The van der Waals surface area contributed by atoms with Gasteiger partial charge in [0.05, 0.1) is 0 Å². The van der Waals surface area contributed by atoms with Crippen LogP contribution in [0.15, 0.2) is 18.2 Å². The Balaban J connectivity index is 2.25. The Morgan fingerprint density at radius 1 is 1.37 bits per heavy atom. The number of hydrogen-bond donors (Lipinski definition) is 1. The first kappa shape index (κ1) is 14.8. The third-order valence-electron chi connectivity index (χ3n) is 4.25. The highest BCUT2D eigenvalue weighted by atomic mass is 35.5. The van der Waals surface area contributed by atoms with Gasteiger partial charge in [-0.3, -0.25) is 4.79 Å². The number of halogens is 2. The molecule has 0 spiro atoms. The van der Waals surface area contributed by atoms with Crippen molar-refractivity contribution in [2.45, 2.75) is 26.7 Å². The predicted octanol–water partition coefficient (Wildman–Crippen LogP) is 3.74. The summed E-state index contributed by atoms with van der Waals surface area (Å²) in [4.78, 5) is 12.7. The van der Waals surface area contributed by atoms with Gasteiger partial charge in [0.2, 0.25) is 0 Å². The number of Topliss-reactive ketones (excluding diaryl/α,β-unsaturated/α-hetero) is 1. The molecule has 0 radical (unpaired) electrons. The molecular weight excluding hydrogens is 281 g/mol. The molecule has 1 atom stereocenters. The van der Waals surface area contributed by atoms with Gasteiger partial charge < -0.3 is 5.32 Å². The maximum Gasteiger partial charge on any atom is 0.145 e. The standard InChI is InChI=1S/C15H19Cl2NO/c1-10(2)15(6-7-18-9-15)14(19)8-11-12(16)4-3-5-13(11)17/h3-5,10,18H,6-9H2,1-2H3. The SMILES string of the molecule is CC(C)C1(C(=O)Cc2c(Cl)cccc2Cl)CCNC1. The number of nitrogens with one attached hydrogen (secondary N) is 1. The minimum absolute atomic E-state index is 0.238. The van der Waals surface area contributed by atoms with Crippen molar-refractivity contribution in [3.8, 4) is 0 Å². The average Bonchev–Trinajstić information content (AvgIpc) is 2.84. The van der Waals surface area contributed by atoms with Crippen LogP contribution in [0.25, 0.3) is 0 Å². The van der Waals surface area contributed by atoms with Gasteiger partial charge >= 0.3 is 0 Å². The highest BCUT2D eigenvalue weighted by Gasteiger charge is 2.43. The Kier molecular flexibility index (Phi) is 4.54. The maximum absolute atomic E-state index is 12.7. The minimum atomic E-state index is -0.275. The van der Waals surface area contributed by atoms with Gasteiger partial charge in [0.15, 0.2) is 0 Å². The Labute approximate surface area is 124 Å². The third kappa shape index (κ3) is 2.81. The van der Waals surface area contributed by atoms with Crippen LogP contribution in [0.3, 0.4) is 0 Å². The van der Waals surface area contributed by atoms with E-state index in [0.29, 0.717) is 22.4 Å². The highest BCUT2D eigenvalue weighted by Crippen LogP contribution is 2.37. The van der Waals surface area contributed by atoms with Gasteiger partial charge in [0.1, 0.15) is 5.78 Å². The zero-order chi connectivity index (χ0) is 14.0. The van der Waals surface area contributed by atoms with Crippen molar-refractivity contribution in [1.29, 1.82) is 0 Å². The van der Waals surface area contributed by atoms with Gasteiger partial charge in [0.25, 0.3) is 0 Å². The molecule has 1 aromatic rings. The van der Waals surface area contributed by atoms with Crippen LogP contribution in [0.4, 0.5) is 0 Å². The summed E-state index contributed by atoms with van der Waals surface area (Å²) >= 11 is 12.3. The van der Waals surface area contributed by atoms with Crippen molar-refractivity contribution in [3.63, 3.8) is 0 Å². The topological polar surface area (TPSA) is 29.1 Å². The molecule has 0 amide bonds. The summed E-state index contributed by atoms with van der Waals surface area (Å²) in [6, 6.07) is 5.37. The van der Waals surface area contributed by atoms with Crippen molar-refractivity contribution < 1.29 is 4.79 Å². The number of carbonyl (C=O) groups is 1. The van der Waals surface area contributed by atoms with Crippen LogP contribution in [-0.4, -0.2) is 18.9 Å². The molecule has 0 saturated carbocycles. The van der Waals surface area contributed by atoms with Crippen molar-refractivity contribution in [3.05, 3.63) is 33.8 Å². The van der Waals surface area contributed by atoms with Crippen LogP contribution >= 0.6 is 23.2 Å². The molecule has 1 aliphatic rings. The van der Waals surface area contributed by atoms with Crippen LogP contribution in [0.2, 0.25) is 10.0 Å². The molecular formula is C15H19Cl2NO. The smallest absolute Gasteiger partial charge is 0.145 e. The fourth-order valence-electron chi connectivity index (χ4n) is 2.80. The van der Waals surface area contributed by atoms with E-state index < -0.39 is 0 Å². The number of ketones is 1. The van der Waals surface area contributed by atoms with Crippen molar-refractivity contribution in [1.82, 2.24) is 5.32 Å². The first-order valence-electron chi connectivity index (χ1n) is 6.64. The summed E-state index contributed by atoms with van der Waals surface area (Å²) in [5.74, 6) is 0.554. The molecule has 0 bridgehead atoms. The van der Waals surface area contributed by atoms with Gasteiger partial charge in [-0.1, -0.05) is 43.1 Å². The molecule has 104 valence electrons. The Bertz CT molecular complexity index is 459. The molecule has 4 heteroatoms. The first-order chi connectivity index (χ1) is 8.97. The van der Waals surface area contributed by atoms with E-state index in [1.807, 2.05) is 0 Å². The lowest BCUT2D eigenvalue weighted by Crippen LogP contribution is -2.39. The maximum atomic E-state index is 12.7. The summed E-state index contributed by atoms with van der Waals surface area (Å²) in [5, 5.41) is 4.45. The monoisotopic (exact) mass is 299 g/mol. The Hall–Kier alpha value is -0.570. The van der Waals surface area contributed by atoms with E-state index in [4.69, 9.17) is 23.2 Å². The predicted molar refractivity (Wildman–Crippen MR) is 79.9 cm³/mol. The van der Waals surface area contributed by atoms with Crippen molar-refractivity contribution >= 4 is 29.0 Å². The summed E-state index contributed by atoms with van der Waals surface area (Å²) in [7, 11) is 0. The molecule has 1 aromatic carbocycles. The number of rotatable bonds is 4. The molecule has 19 heavy (non-hydrogen) atoms. The van der Waals surface area contributed by atoms with Gasteiger partial charge in [-0.2, -0.15) is 0 Å². The first-order valence-corrected chi connectivity index (χ1v) is 7.40. The highest BCUT2D eigenvalue weighted by molar-refractivity contribution is 6.36. The molecule has 1 aliphatic heterocycles. The number of benzene rings is 1. The molecule has 1 saturated heterocycles. The Morgan fingerprint density at radius 3 is 2.47 bits per heavy atom. The normalized spacial score (nSPS) is 23.0. The zero-order valence-electron chi connectivity index (χ0n) is 11.3. The fourth-order valence-corrected chi connectivity index (χ4v) is 3.33. The van der Waals surface area contributed by atoms with Gasteiger partial charge in [-0.15, -0.1) is 0 Å². The van der Waals surface area contributed by atoms with Gasteiger partial charge in [0, 0.05) is 28.4 Å². The van der Waals surface area contributed by atoms with Crippen molar-refractivity contribution in [2.24, 2.45) is 11.3 Å². The van der Waals surface area contributed by atoms with E-state index in [1.54, 1.807) is 18.2 Å². The largest absolute Gasteiger partial charge is 0.316 e. The lowest BCUT2D eigenvalue weighted by atomic mass is 9.71. The fraction of sp³-hybridized carbons (Fsp3) is 0.533. The summed E-state index contributed by atoms with van der Waals surface area (Å²) < 4.78 is 0. The zero-order valence-corrected chi connectivity index (χ0v) is 12.8. The molecule has 1 fully saturated rings. The van der Waals surface area contributed by atoms with Crippen LogP contribution in [0.5, 0.6) is 0 Å². The quantitative estimate of drug-likeness (QED) is 0.917. The van der Waals surface area contributed by atoms with Crippen LogP contribution < -0.4 is 5.32 Å². The number of carbonyl (C=O) groups excluding carboxylic acids is 1. The van der Waals surface area contributed by atoms with E-state index >= 15 is 0 Å². The lowest BCUT2D eigenvalue weighted by molar-refractivity contribution is -0.129. The average molecular weight is 300 g/mol. The van der Waals surface area contributed by atoms with Crippen molar-refractivity contribution in [2.75, 3.05) is 13.1 Å². The molecule has 2 rings (SSSR count). The van der Waals surface area contributed by atoms with E-state index in [2.05, 4.69) is 19.2 Å². The lowest BCUT2D eigenvalue weighted by Gasteiger charge is -2.31. The molecule has 1 unspecified atom stereocenters. The minimum Gasteiger partial charge on any atom is -0.316 e. The molecule has 1 N–H and O–H groups in total. The van der Waals surface area contributed by atoms with E-state index in [9.17, 15) is 4.79 Å². The second-order valence-corrected chi connectivity index (χ2v) is 6.35. The Morgan fingerprint density at radius 2 is 2.00 bits per heavy atom. The van der Waals surface area contributed by atoms with Crippen LogP contribution in [-0.2, 0) is 11.2 Å². The second-order valence-electron chi connectivity index (χ2n) is 5.54. The third-order valence-corrected chi connectivity index (χ3v) is 4.96. The van der Waals surface area contributed by atoms with Crippen LogP contribution in [0, 0.1) is 11.3 Å². The van der Waals surface area contributed by atoms with Gasteiger partial charge in [-0.05, 0) is 36.6 Å². The summed E-state index contributed by atoms with van der Waals surface area (Å²) in [6.45, 7) is 5.88. The van der Waals surface area contributed by atoms with E-state index in [1.165, 1.54) is 0 Å². The molecule has 0 aliphatic carbocycles. The van der Waals surface area contributed by atoms with Gasteiger partial charge in [-0.25, -0.2) is 0 Å². The summed E-state index contributed by atoms with van der Waals surface area (Å²) in [6.07, 6.45) is 1.21. The molecule has 0 aromatic heterocycles. The summed E-state index contributed by atoms with van der Waals surface area (Å²) in [5.41, 5.74) is 0.477. The van der Waals surface area contributed by atoms with Crippen LogP contribution in [0.1, 0.15) is 25.8 Å².